The molecule has 2 aliphatic heterocycles. The van der Waals surface area contributed by atoms with Crippen LogP contribution >= 0.6 is 11.6 Å². The molecule has 1 aliphatic carbocycles. The van der Waals surface area contributed by atoms with Crippen molar-refractivity contribution in [3.63, 3.8) is 0 Å². The summed E-state index contributed by atoms with van der Waals surface area (Å²) in [4.78, 5) is 16.1. The molecule has 14 heteroatoms. The molecule has 3 aromatic heterocycles. The number of ether oxygens (including phenoxy) is 4. The van der Waals surface area contributed by atoms with E-state index in [0.717, 1.165) is 49.3 Å². The Morgan fingerprint density at radius 2 is 1.67 bits per heavy atom. The maximum atomic E-state index is 6.48. The average Bonchev–Trinajstić information content (AvgIpc) is 3.83. The molecule has 49 heavy (non-hydrogen) atoms. The molecular weight excluding hydrogens is 646 g/mol. The van der Waals surface area contributed by atoms with Gasteiger partial charge in [0.05, 0.1) is 43.1 Å². The van der Waals surface area contributed by atoms with Gasteiger partial charge in [-0.1, -0.05) is 17.7 Å². The van der Waals surface area contributed by atoms with Gasteiger partial charge in [-0.3, -0.25) is 9.58 Å². The van der Waals surface area contributed by atoms with Crippen LogP contribution in [0.3, 0.4) is 0 Å². The van der Waals surface area contributed by atoms with E-state index in [1.807, 2.05) is 38.2 Å². The van der Waals surface area contributed by atoms with E-state index in [1.54, 1.807) is 30.5 Å². The van der Waals surface area contributed by atoms with Gasteiger partial charge in [-0.2, -0.15) is 5.10 Å². The highest BCUT2D eigenvalue weighted by Crippen LogP contribution is 2.40. The standard InChI is InChI=1S/C35H46ClN9O4/c1-23(12-13-46-3)49-34-32(18-44(42-34)27-5-7-28(8-6-27)45-29-9-10-30(45)20-47-19-29)41-35-38-15-26(16-39-35)25-4-11-31(36)33(14-25)48-24(2)17-43-22-37-21-40-43/h4,11,14-16,18,21-24,27-30H,5-10,12-13,17,19-20H2,1-3H3,(H,38,39,41)/t23?,24?,27?,28?,29-,30+. The summed E-state index contributed by atoms with van der Waals surface area (Å²) >= 11 is 6.48. The molecule has 5 heterocycles. The molecule has 3 fully saturated rings. The minimum Gasteiger partial charge on any atom is -0.487 e. The van der Waals surface area contributed by atoms with Gasteiger partial charge in [0.25, 0.3) is 5.88 Å². The van der Waals surface area contributed by atoms with E-state index in [4.69, 9.17) is 35.6 Å². The number of benzene rings is 1. The Morgan fingerprint density at radius 1 is 0.939 bits per heavy atom. The Balaban J connectivity index is 1.03. The van der Waals surface area contributed by atoms with E-state index in [1.165, 1.54) is 32.0 Å². The number of aromatic nitrogens is 7. The number of rotatable bonds is 14. The number of nitrogens with one attached hydrogen (secondary N) is 1. The summed E-state index contributed by atoms with van der Waals surface area (Å²) in [6, 6.07) is 7.79. The van der Waals surface area contributed by atoms with Crippen LogP contribution in [0.4, 0.5) is 11.6 Å². The summed E-state index contributed by atoms with van der Waals surface area (Å²) in [7, 11) is 1.70. The van der Waals surface area contributed by atoms with Gasteiger partial charge >= 0.3 is 0 Å². The second kappa shape index (κ2) is 15.4. The first-order chi connectivity index (χ1) is 23.9. The van der Waals surface area contributed by atoms with Gasteiger partial charge in [0, 0.05) is 56.2 Å². The summed E-state index contributed by atoms with van der Waals surface area (Å²) in [5.41, 5.74) is 2.47. The van der Waals surface area contributed by atoms with Crippen LogP contribution in [0, 0.1) is 0 Å². The maximum absolute atomic E-state index is 6.48. The Morgan fingerprint density at radius 3 is 2.39 bits per heavy atom. The van der Waals surface area contributed by atoms with Crippen LogP contribution in [0.25, 0.3) is 11.1 Å². The number of hydrogen-bond acceptors (Lipinski definition) is 11. The lowest BCUT2D eigenvalue weighted by Gasteiger charge is -2.43. The smallest absolute Gasteiger partial charge is 0.257 e. The summed E-state index contributed by atoms with van der Waals surface area (Å²) in [5.74, 6) is 1.58. The van der Waals surface area contributed by atoms with E-state index in [2.05, 4.69) is 34.9 Å². The molecule has 0 radical (unpaired) electrons. The van der Waals surface area contributed by atoms with Crippen LogP contribution in [0.15, 0.2) is 49.4 Å². The molecule has 2 unspecified atom stereocenters. The van der Waals surface area contributed by atoms with Gasteiger partial charge in [-0.15, -0.1) is 5.10 Å². The molecular formula is C35H46ClN9O4. The van der Waals surface area contributed by atoms with Crippen molar-refractivity contribution < 1.29 is 18.9 Å². The molecule has 1 saturated carbocycles. The highest BCUT2D eigenvalue weighted by molar-refractivity contribution is 6.32. The van der Waals surface area contributed by atoms with Gasteiger partial charge in [-0.05, 0) is 70.1 Å². The first kappa shape index (κ1) is 33.7. The van der Waals surface area contributed by atoms with E-state index in [0.29, 0.717) is 59.9 Å². The SMILES string of the molecule is COCCC(C)Oc1nn(C2CCC(N3[C@@H]4CC[C@H]3COC4)CC2)cc1Nc1ncc(-c2ccc(Cl)c(OC(C)Cn3cncn3)c2)cn1. The number of anilines is 2. The monoisotopic (exact) mass is 691 g/mol. The number of methoxy groups -OCH3 is 1. The molecule has 4 aromatic rings. The van der Waals surface area contributed by atoms with E-state index < -0.39 is 0 Å². The summed E-state index contributed by atoms with van der Waals surface area (Å²) in [6.45, 7) is 6.93. The highest BCUT2D eigenvalue weighted by atomic mass is 35.5. The lowest BCUT2D eigenvalue weighted by Crippen LogP contribution is -2.52. The third kappa shape index (κ3) is 8.01. The van der Waals surface area contributed by atoms with Gasteiger partial charge in [-0.25, -0.2) is 19.6 Å². The molecule has 13 nitrogen and oxygen atoms in total. The minimum atomic E-state index is -0.165. The van der Waals surface area contributed by atoms with Crippen molar-refractivity contribution in [1.82, 2.24) is 39.4 Å². The van der Waals surface area contributed by atoms with Crippen molar-refractivity contribution in [2.45, 2.75) is 102 Å². The van der Waals surface area contributed by atoms with Gasteiger partial charge in [0.2, 0.25) is 5.95 Å². The van der Waals surface area contributed by atoms with E-state index in [9.17, 15) is 0 Å². The van der Waals surface area contributed by atoms with Crippen LogP contribution in [-0.4, -0.2) is 96.7 Å². The third-order valence-corrected chi connectivity index (χ3v) is 10.2. The molecule has 2 saturated heterocycles. The van der Waals surface area contributed by atoms with Crippen molar-refractivity contribution in [3.8, 4) is 22.8 Å². The Bertz CT molecular complexity index is 1630. The Labute approximate surface area is 292 Å². The predicted molar refractivity (Wildman–Crippen MR) is 185 cm³/mol. The van der Waals surface area contributed by atoms with Crippen LogP contribution in [0.1, 0.15) is 64.8 Å². The van der Waals surface area contributed by atoms with Gasteiger partial charge < -0.3 is 24.3 Å². The number of halogens is 1. The lowest BCUT2D eigenvalue weighted by atomic mass is 9.89. The summed E-state index contributed by atoms with van der Waals surface area (Å²) in [6.07, 6.45) is 16.3. The first-order valence-corrected chi connectivity index (χ1v) is 17.8. The molecule has 262 valence electrons. The second-order valence-electron chi connectivity index (χ2n) is 13.5. The van der Waals surface area contributed by atoms with Crippen molar-refractivity contribution >= 4 is 23.2 Å². The summed E-state index contributed by atoms with van der Waals surface area (Å²) < 4.78 is 27.4. The molecule has 0 amide bonds. The zero-order chi connectivity index (χ0) is 33.7. The summed E-state index contributed by atoms with van der Waals surface area (Å²) in [5, 5.41) is 13.0. The van der Waals surface area contributed by atoms with Crippen molar-refractivity contribution in [3.05, 3.63) is 54.5 Å². The highest BCUT2D eigenvalue weighted by Gasteiger charge is 2.42. The van der Waals surface area contributed by atoms with Crippen LogP contribution in [0.5, 0.6) is 11.6 Å². The van der Waals surface area contributed by atoms with Crippen LogP contribution in [0.2, 0.25) is 5.02 Å². The number of hydrogen-bond donors (Lipinski definition) is 1. The fourth-order valence-corrected chi connectivity index (χ4v) is 7.59. The minimum absolute atomic E-state index is 0.0695. The Kier molecular flexibility index (Phi) is 10.6. The lowest BCUT2D eigenvalue weighted by molar-refractivity contribution is -0.0458. The largest absolute Gasteiger partial charge is 0.487 e. The zero-order valence-electron chi connectivity index (χ0n) is 28.4. The molecule has 1 aromatic carbocycles. The molecule has 3 aliphatic rings. The molecule has 7 rings (SSSR count). The quantitative estimate of drug-likeness (QED) is 0.169. The number of morpholine rings is 1. The zero-order valence-corrected chi connectivity index (χ0v) is 29.2. The fraction of sp³-hybridized carbons (Fsp3) is 0.571. The van der Waals surface area contributed by atoms with E-state index >= 15 is 0 Å². The van der Waals surface area contributed by atoms with Crippen LogP contribution in [-0.2, 0) is 16.0 Å². The Hall–Kier alpha value is -3.78. The topological polar surface area (TPSA) is 127 Å². The van der Waals surface area contributed by atoms with Crippen molar-refractivity contribution in [2.75, 3.05) is 32.2 Å². The number of nitrogens with zero attached hydrogens (tertiary/aromatic N) is 8. The van der Waals surface area contributed by atoms with Gasteiger partial charge in [0.15, 0.2) is 0 Å². The average molecular weight is 692 g/mol. The first-order valence-electron chi connectivity index (χ1n) is 17.4. The normalized spacial score (nSPS) is 23.7. The fourth-order valence-electron chi connectivity index (χ4n) is 7.43. The second-order valence-corrected chi connectivity index (χ2v) is 13.9. The third-order valence-electron chi connectivity index (χ3n) is 9.90. The molecule has 1 N–H and O–H groups in total. The number of fused-ring (bicyclic) bond motifs is 2. The predicted octanol–water partition coefficient (Wildman–Crippen LogP) is 5.95. The maximum Gasteiger partial charge on any atom is 0.257 e. The van der Waals surface area contributed by atoms with Gasteiger partial charge in [0.1, 0.15) is 30.2 Å². The molecule has 2 bridgehead atoms. The van der Waals surface area contributed by atoms with E-state index in [-0.39, 0.29) is 12.2 Å². The van der Waals surface area contributed by atoms with Crippen molar-refractivity contribution in [1.29, 1.82) is 0 Å². The van der Waals surface area contributed by atoms with Crippen molar-refractivity contribution in [2.24, 2.45) is 0 Å². The van der Waals surface area contributed by atoms with Crippen LogP contribution < -0.4 is 14.8 Å². The molecule has 4 atom stereocenters. The molecule has 0 spiro atoms.